The van der Waals surface area contributed by atoms with Crippen LogP contribution in [0.2, 0.25) is 0 Å². The van der Waals surface area contributed by atoms with Gasteiger partial charge >= 0.3 is 0 Å². The average molecular weight is 356 g/mol. The highest BCUT2D eigenvalue weighted by atomic mass is 35.5. The van der Waals surface area contributed by atoms with Gasteiger partial charge in [-0.25, -0.2) is 0 Å². The van der Waals surface area contributed by atoms with Gasteiger partial charge in [-0.05, 0) is 25.8 Å². The highest BCUT2D eigenvalue weighted by molar-refractivity contribution is 5.94. The van der Waals surface area contributed by atoms with Crippen LogP contribution in [-0.4, -0.2) is 46.8 Å². The van der Waals surface area contributed by atoms with Gasteiger partial charge in [0.2, 0.25) is 5.91 Å². The van der Waals surface area contributed by atoms with Crippen LogP contribution in [0, 0.1) is 0 Å². The van der Waals surface area contributed by atoms with Crippen LogP contribution in [0.5, 0.6) is 0 Å². The lowest BCUT2D eigenvalue weighted by atomic mass is 9.95. The number of amides is 2. The van der Waals surface area contributed by atoms with Crippen molar-refractivity contribution < 1.29 is 9.59 Å². The summed E-state index contributed by atoms with van der Waals surface area (Å²) < 4.78 is 1.53. The molecule has 1 aliphatic carbocycles. The fourth-order valence-electron chi connectivity index (χ4n) is 3.28. The predicted octanol–water partition coefficient (Wildman–Crippen LogP) is 0.845. The number of aromatic nitrogens is 2. The number of nitrogens with zero attached hydrogens (tertiary/aromatic N) is 2. The molecule has 1 unspecified atom stereocenters. The summed E-state index contributed by atoms with van der Waals surface area (Å²) >= 11 is 0. The molecule has 2 fully saturated rings. The molecule has 0 radical (unpaired) electrons. The van der Waals surface area contributed by atoms with Crippen LogP contribution < -0.4 is 16.0 Å². The Balaban J connectivity index is 0.00000208. The summed E-state index contributed by atoms with van der Waals surface area (Å²) in [6.45, 7) is 1.91. The van der Waals surface area contributed by atoms with Crippen LogP contribution in [0.1, 0.15) is 48.9 Å². The van der Waals surface area contributed by atoms with E-state index in [9.17, 15) is 9.59 Å². The molecule has 7 nitrogen and oxygen atoms in total. The third-order valence-corrected chi connectivity index (χ3v) is 4.57. The number of rotatable bonds is 5. The molecular formula is C16H26ClN5O2. The number of carbonyl (C=O) groups is 2. The largest absolute Gasteiger partial charge is 0.352 e. The molecule has 0 spiro atoms. The van der Waals surface area contributed by atoms with Crippen LogP contribution in [0.15, 0.2) is 12.4 Å². The van der Waals surface area contributed by atoms with Gasteiger partial charge in [0, 0.05) is 24.8 Å². The monoisotopic (exact) mass is 355 g/mol. The maximum atomic E-state index is 12.1. The van der Waals surface area contributed by atoms with Crippen molar-refractivity contribution in [1.82, 2.24) is 25.7 Å². The van der Waals surface area contributed by atoms with Gasteiger partial charge in [0.25, 0.3) is 5.91 Å². The van der Waals surface area contributed by atoms with E-state index in [1.165, 1.54) is 30.1 Å². The lowest BCUT2D eigenvalue weighted by Crippen LogP contribution is -2.38. The molecule has 1 aromatic rings. The minimum absolute atomic E-state index is 0. The maximum absolute atomic E-state index is 12.1. The van der Waals surface area contributed by atoms with E-state index in [1.54, 1.807) is 6.20 Å². The average Bonchev–Trinajstić information content (AvgIpc) is 3.20. The molecule has 24 heavy (non-hydrogen) atoms. The Kier molecular flexibility index (Phi) is 7.05. The Bertz CT molecular complexity index is 550. The Labute approximate surface area is 148 Å². The van der Waals surface area contributed by atoms with Crippen molar-refractivity contribution in [1.29, 1.82) is 0 Å². The van der Waals surface area contributed by atoms with E-state index in [0.29, 0.717) is 11.6 Å². The van der Waals surface area contributed by atoms with Crippen molar-refractivity contribution in [2.45, 2.75) is 57.2 Å². The molecule has 8 heteroatoms. The molecule has 2 amide bonds. The summed E-state index contributed by atoms with van der Waals surface area (Å²) in [6.07, 6.45) is 9.87. The van der Waals surface area contributed by atoms with E-state index in [4.69, 9.17) is 0 Å². The summed E-state index contributed by atoms with van der Waals surface area (Å²) in [5, 5.41) is 13.4. The molecule has 1 aliphatic heterocycles. The SMILES string of the molecule is Cl.O=C(Cn1cc(C(=O)NC2CCNC2)cn1)NC1CCCCC1. The zero-order valence-corrected chi connectivity index (χ0v) is 14.6. The number of halogens is 1. The second kappa shape index (κ2) is 9.03. The van der Waals surface area contributed by atoms with Gasteiger partial charge in [0.1, 0.15) is 6.54 Å². The fourth-order valence-corrected chi connectivity index (χ4v) is 3.28. The lowest BCUT2D eigenvalue weighted by molar-refractivity contribution is -0.122. The summed E-state index contributed by atoms with van der Waals surface area (Å²) in [7, 11) is 0. The Morgan fingerprint density at radius 3 is 2.67 bits per heavy atom. The Morgan fingerprint density at radius 1 is 1.17 bits per heavy atom. The van der Waals surface area contributed by atoms with E-state index in [1.807, 2.05) is 0 Å². The standard InChI is InChI=1S/C16H25N5O2.ClH/c22-15(19-13-4-2-1-3-5-13)11-21-10-12(8-18-21)16(23)20-14-6-7-17-9-14;/h8,10,13-14,17H,1-7,9,11H2,(H,19,22)(H,20,23);1H. The number of hydrogen-bond acceptors (Lipinski definition) is 4. The van der Waals surface area contributed by atoms with Crippen molar-refractivity contribution >= 4 is 24.2 Å². The van der Waals surface area contributed by atoms with Crippen LogP contribution in [0.3, 0.4) is 0 Å². The molecule has 0 aromatic carbocycles. The maximum Gasteiger partial charge on any atom is 0.254 e. The van der Waals surface area contributed by atoms with Crippen molar-refractivity contribution in [3.63, 3.8) is 0 Å². The van der Waals surface area contributed by atoms with E-state index < -0.39 is 0 Å². The Morgan fingerprint density at radius 2 is 1.96 bits per heavy atom. The summed E-state index contributed by atoms with van der Waals surface area (Å²) in [5.41, 5.74) is 0.502. The first-order valence-electron chi connectivity index (χ1n) is 8.54. The fraction of sp³-hybridized carbons (Fsp3) is 0.688. The third kappa shape index (κ3) is 5.21. The Hall–Kier alpha value is -1.60. The lowest BCUT2D eigenvalue weighted by Gasteiger charge is -2.22. The van der Waals surface area contributed by atoms with Crippen LogP contribution in [-0.2, 0) is 11.3 Å². The van der Waals surface area contributed by atoms with E-state index in [2.05, 4.69) is 21.0 Å². The van der Waals surface area contributed by atoms with E-state index in [-0.39, 0.29) is 36.8 Å². The molecule has 1 saturated carbocycles. The first-order chi connectivity index (χ1) is 11.2. The first kappa shape index (κ1) is 18.7. The summed E-state index contributed by atoms with van der Waals surface area (Å²) in [4.78, 5) is 24.2. The van der Waals surface area contributed by atoms with Gasteiger partial charge < -0.3 is 16.0 Å². The zero-order chi connectivity index (χ0) is 16.1. The minimum Gasteiger partial charge on any atom is -0.352 e. The van der Waals surface area contributed by atoms with Crippen molar-refractivity contribution in [2.24, 2.45) is 0 Å². The molecular weight excluding hydrogens is 330 g/mol. The van der Waals surface area contributed by atoms with Gasteiger partial charge in [0.05, 0.1) is 11.8 Å². The van der Waals surface area contributed by atoms with Gasteiger partial charge in [-0.15, -0.1) is 12.4 Å². The molecule has 3 N–H and O–H groups in total. The minimum atomic E-state index is -0.127. The van der Waals surface area contributed by atoms with Crippen molar-refractivity contribution in [2.75, 3.05) is 13.1 Å². The van der Waals surface area contributed by atoms with Gasteiger partial charge in [-0.2, -0.15) is 5.10 Å². The summed E-state index contributed by atoms with van der Waals surface area (Å²) in [5.74, 6) is -0.162. The second-order valence-electron chi connectivity index (χ2n) is 6.49. The zero-order valence-electron chi connectivity index (χ0n) is 13.8. The predicted molar refractivity (Wildman–Crippen MR) is 93.2 cm³/mol. The third-order valence-electron chi connectivity index (χ3n) is 4.57. The van der Waals surface area contributed by atoms with Gasteiger partial charge in [-0.1, -0.05) is 19.3 Å². The smallest absolute Gasteiger partial charge is 0.254 e. The quantitative estimate of drug-likeness (QED) is 0.730. The van der Waals surface area contributed by atoms with Crippen molar-refractivity contribution in [3.05, 3.63) is 18.0 Å². The first-order valence-corrected chi connectivity index (χ1v) is 8.54. The normalized spacial score (nSPS) is 21.1. The molecule has 1 aromatic heterocycles. The topological polar surface area (TPSA) is 88.1 Å². The second-order valence-corrected chi connectivity index (χ2v) is 6.49. The van der Waals surface area contributed by atoms with E-state index in [0.717, 1.165) is 32.4 Å². The van der Waals surface area contributed by atoms with Gasteiger partial charge in [-0.3, -0.25) is 14.3 Å². The number of nitrogens with one attached hydrogen (secondary N) is 3. The number of hydrogen-bond donors (Lipinski definition) is 3. The van der Waals surface area contributed by atoms with Gasteiger partial charge in [0.15, 0.2) is 0 Å². The van der Waals surface area contributed by atoms with Crippen molar-refractivity contribution in [3.8, 4) is 0 Å². The van der Waals surface area contributed by atoms with E-state index >= 15 is 0 Å². The molecule has 2 heterocycles. The van der Waals surface area contributed by atoms with Crippen LogP contribution in [0.25, 0.3) is 0 Å². The highest BCUT2D eigenvalue weighted by Crippen LogP contribution is 2.17. The molecule has 3 rings (SSSR count). The molecule has 2 aliphatic rings. The highest BCUT2D eigenvalue weighted by Gasteiger charge is 2.19. The van der Waals surface area contributed by atoms with Crippen LogP contribution in [0.4, 0.5) is 0 Å². The molecule has 1 atom stereocenters. The molecule has 1 saturated heterocycles. The van der Waals surface area contributed by atoms with Crippen LogP contribution >= 0.6 is 12.4 Å². The number of carbonyl (C=O) groups excluding carboxylic acids is 2. The molecule has 0 bridgehead atoms. The summed E-state index contributed by atoms with van der Waals surface area (Å²) in [6, 6.07) is 0.477. The molecule has 134 valence electrons.